The minimum atomic E-state index is -4.34. The fraction of sp³-hybridized carbons (Fsp3) is 0.300. The van der Waals surface area contributed by atoms with E-state index >= 15 is 0 Å². The number of alkyl halides is 3. The molecular formula is C20H19BrF3N. The Morgan fingerprint density at radius 3 is 2.20 bits per heavy atom. The van der Waals surface area contributed by atoms with E-state index in [4.69, 9.17) is 0 Å². The normalized spacial score (nSPS) is 12.8. The lowest BCUT2D eigenvalue weighted by atomic mass is 9.87. The molecule has 0 bridgehead atoms. The second-order valence-corrected chi connectivity index (χ2v) is 8.28. The molecule has 1 aromatic heterocycles. The molecule has 1 heterocycles. The van der Waals surface area contributed by atoms with E-state index in [1.165, 1.54) is 6.07 Å². The highest BCUT2D eigenvalue weighted by molar-refractivity contribution is 9.10. The SMILES string of the molecule is Cc1cn(-c2cc(Br)cc(C(C)(C)C)c2)c2ccc(C(F)(F)F)cc12. The zero-order valence-electron chi connectivity index (χ0n) is 14.5. The molecule has 2 aromatic carbocycles. The van der Waals surface area contributed by atoms with Crippen LogP contribution in [0.15, 0.2) is 47.1 Å². The minimum absolute atomic E-state index is 0.0278. The zero-order chi connectivity index (χ0) is 18.6. The van der Waals surface area contributed by atoms with Gasteiger partial charge in [0.1, 0.15) is 0 Å². The fourth-order valence-electron chi connectivity index (χ4n) is 2.93. The van der Waals surface area contributed by atoms with Gasteiger partial charge in [-0.1, -0.05) is 36.7 Å². The number of benzene rings is 2. The van der Waals surface area contributed by atoms with Gasteiger partial charge in [-0.15, -0.1) is 0 Å². The molecule has 25 heavy (non-hydrogen) atoms. The van der Waals surface area contributed by atoms with Crippen molar-refractivity contribution in [3.63, 3.8) is 0 Å². The third kappa shape index (κ3) is 3.47. The van der Waals surface area contributed by atoms with Crippen molar-refractivity contribution in [2.45, 2.75) is 39.3 Å². The molecule has 0 saturated carbocycles. The van der Waals surface area contributed by atoms with Crippen LogP contribution in [0.1, 0.15) is 37.5 Å². The Morgan fingerprint density at radius 2 is 1.60 bits per heavy atom. The van der Waals surface area contributed by atoms with Crippen molar-refractivity contribution in [3.8, 4) is 5.69 Å². The van der Waals surface area contributed by atoms with E-state index in [0.29, 0.717) is 5.39 Å². The summed E-state index contributed by atoms with van der Waals surface area (Å²) in [5, 5.41) is 0.618. The number of fused-ring (bicyclic) bond motifs is 1. The average molecular weight is 410 g/mol. The van der Waals surface area contributed by atoms with Crippen LogP contribution in [0, 0.1) is 6.92 Å². The van der Waals surface area contributed by atoms with E-state index in [1.807, 2.05) is 23.8 Å². The van der Waals surface area contributed by atoms with Crippen LogP contribution < -0.4 is 0 Å². The van der Waals surface area contributed by atoms with Crippen LogP contribution in [0.3, 0.4) is 0 Å². The predicted molar refractivity (Wildman–Crippen MR) is 99.4 cm³/mol. The first-order valence-corrected chi connectivity index (χ1v) is 8.76. The largest absolute Gasteiger partial charge is 0.416 e. The van der Waals surface area contributed by atoms with Crippen LogP contribution in [0.4, 0.5) is 13.2 Å². The van der Waals surface area contributed by atoms with Crippen molar-refractivity contribution in [2.24, 2.45) is 0 Å². The summed E-state index contributed by atoms with van der Waals surface area (Å²) in [5.74, 6) is 0. The molecule has 3 aromatic rings. The highest BCUT2D eigenvalue weighted by Crippen LogP contribution is 2.35. The Bertz CT molecular complexity index is 946. The minimum Gasteiger partial charge on any atom is -0.316 e. The summed E-state index contributed by atoms with van der Waals surface area (Å²) < 4.78 is 41.9. The summed E-state index contributed by atoms with van der Waals surface area (Å²) >= 11 is 3.55. The van der Waals surface area contributed by atoms with Crippen LogP contribution >= 0.6 is 15.9 Å². The maximum absolute atomic E-state index is 13.0. The number of aryl methyl sites for hydroxylation is 1. The van der Waals surface area contributed by atoms with Crippen molar-refractivity contribution in [2.75, 3.05) is 0 Å². The molecule has 0 spiro atoms. The second kappa shape index (κ2) is 5.90. The molecule has 0 aliphatic carbocycles. The van der Waals surface area contributed by atoms with Crippen LogP contribution in [0.5, 0.6) is 0 Å². The molecule has 1 nitrogen and oxygen atoms in total. The number of hydrogen-bond acceptors (Lipinski definition) is 0. The lowest BCUT2D eigenvalue weighted by Crippen LogP contribution is -2.11. The molecule has 0 N–H and O–H groups in total. The van der Waals surface area contributed by atoms with E-state index in [1.54, 1.807) is 6.07 Å². The summed E-state index contributed by atoms with van der Waals surface area (Å²) in [7, 11) is 0. The van der Waals surface area contributed by atoms with E-state index in [0.717, 1.165) is 32.9 Å². The van der Waals surface area contributed by atoms with Gasteiger partial charge in [-0.3, -0.25) is 0 Å². The van der Waals surface area contributed by atoms with Crippen LogP contribution in [-0.2, 0) is 11.6 Å². The lowest BCUT2D eigenvalue weighted by molar-refractivity contribution is -0.137. The third-order valence-electron chi connectivity index (χ3n) is 4.36. The van der Waals surface area contributed by atoms with E-state index in [9.17, 15) is 13.2 Å². The number of hydrogen-bond donors (Lipinski definition) is 0. The first-order chi connectivity index (χ1) is 11.5. The summed E-state index contributed by atoms with van der Waals surface area (Å²) in [4.78, 5) is 0. The van der Waals surface area contributed by atoms with Gasteiger partial charge < -0.3 is 4.57 Å². The topological polar surface area (TPSA) is 4.93 Å². The third-order valence-corrected chi connectivity index (χ3v) is 4.82. The van der Waals surface area contributed by atoms with Gasteiger partial charge in [0.15, 0.2) is 0 Å². The first kappa shape index (κ1) is 18.1. The van der Waals surface area contributed by atoms with Crippen LogP contribution in [0.25, 0.3) is 16.6 Å². The van der Waals surface area contributed by atoms with Gasteiger partial charge in [0, 0.05) is 21.7 Å². The molecular weight excluding hydrogens is 391 g/mol. The number of aromatic nitrogens is 1. The smallest absolute Gasteiger partial charge is 0.316 e. The van der Waals surface area contributed by atoms with Crippen LogP contribution in [-0.4, -0.2) is 4.57 Å². The lowest BCUT2D eigenvalue weighted by Gasteiger charge is -2.21. The first-order valence-electron chi connectivity index (χ1n) is 7.97. The van der Waals surface area contributed by atoms with E-state index < -0.39 is 11.7 Å². The second-order valence-electron chi connectivity index (χ2n) is 7.36. The van der Waals surface area contributed by atoms with Crippen molar-refractivity contribution >= 4 is 26.8 Å². The van der Waals surface area contributed by atoms with Crippen molar-refractivity contribution in [1.29, 1.82) is 0 Å². The number of rotatable bonds is 1. The van der Waals surface area contributed by atoms with Crippen LogP contribution in [0.2, 0.25) is 0 Å². The number of nitrogens with zero attached hydrogens (tertiary/aromatic N) is 1. The maximum atomic E-state index is 13.0. The molecule has 0 saturated heterocycles. The Labute approximate surface area is 153 Å². The van der Waals surface area contributed by atoms with Gasteiger partial charge in [0.2, 0.25) is 0 Å². The summed E-state index contributed by atoms with van der Waals surface area (Å²) in [5.41, 5.74) is 3.02. The maximum Gasteiger partial charge on any atom is 0.416 e. The number of halogens is 4. The molecule has 0 radical (unpaired) electrons. The molecule has 5 heteroatoms. The van der Waals surface area contributed by atoms with E-state index in [2.05, 4.69) is 48.8 Å². The predicted octanol–water partition coefficient (Wildman–Crippen LogP) is 7.02. The van der Waals surface area contributed by atoms with Gasteiger partial charge in [-0.25, -0.2) is 0 Å². The van der Waals surface area contributed by atoms with Gasteiger partial charge in [0.05, 0.1) is 11.1 Å². The molecule has 0 aliphatic heterocycles. The molecule has 132 valence electrons. The fourth-order valence-corrected chi connectivity index (χ4v) is 3.41. The molecule has 0 unspecified atom stereocenters. The quantitative estimate of drug-likeness (QED) is 0.406. The highest BCUT2D eigenvalue weighted by Gasteiger charge is 2.31. The molecule has 0 aliphatic rings. The van der Waals surface area contributed by atoms with Crippen molar-refractivity contribution < 1.29 is 13.2 Å². The Morgan fingerprint density at radius 1 is 0.920 bits per heavy atom. The Hall–Kier alpha value is -1.75. The van der Waals surface area contributed by atoms with Gasteiger partial charge in [0.25, 0.3) is 0 Å². The molecule has 0 amide bonds. The zero-order valence-corrected chi connectivity index (χ0v) is 16.1. The van der Waals surface area contributed by atoms with Crippen molar-refractivity contribution in [3.05, 3.63) is 63.8 Å². The summed E-state index contributed by atoms with van der Waals surface area (Å²) in [6.45, 7) is 8.23. The molecule has 3 rings (SSSR count). The van der Waals surface area contributed by atoms with Gasteiger partial charge in [-0.2, -0.15) is 13.2 Å². The molecule has 0 fully saturated rings. The van der Waals surface area contributed by atoms with Gasteiger partial charge in [-0.05, 0) is 59.9 Å². The summed E-state index contributed by atoms with van der Waals surface area (Å²) in [6, 6.07) is 10.0. The molecule has 0 atom stereocenters. The Balaban J connectivity index is 2.22. The standard InChI is InChI=1S/C20H19BrF3N/c1-12-11-25(16-8-14(19(2,3)4)7-15(21)10-16)18-6-5-13(9-17(12)18)20(22,23)24/h5-11H,1-4H3. The monoisotopic (exact) mass is 409 g/mol. The van der Waals surface area contributed by atoms with Gasteiger partial charge >= 0.3 is 6.18 Å². The average Bonchev–Trinajstić information content (AvgIpc) is 2.82. The highest BCUT2D eigenvalue weighted by atomic mass is 79.9. The van der Waals surface area contributed by atoms with Crippen molar-refractivity contribution in [1.82, 2.24) is 4.57 Å². The summed E-state index contributed by atoms with van der Waals surface area (Å²) in [6.07, 6.45) is -2.45. The van der Waals surface area contributed by atoms with E-state index in [-0.39, 0.29) is 5.41 Å². The Kier molecular flexibility index (Phi) is 4.26.